The molecule has 0 amide bonds. The number of aryl methyl sites for hydroxylation is 1. The Morgan fingerprint density at radius 3 is 2.55 bits per heavy atom. The van der Waals surface area contributed by atoms with Gasteiger partial charge in [0.2, 0.25) is 5.95 Å². The Morgan fingerprint density at radius 2 is 1.88 bits per heavy atom. The van der Waals surface area contributed by atoms with Gasteiger partial charge in [0, 0.05) is 17.9 Å². The van der Waals surface area contributed by atoms with Crippen LogP contribution in [-0.4, -0.2) is 35.9 Å². The average molecular weight is 450 g/mol. The van der Waals surface area contributed by atoms with E-state index in [2.05, 4.69) is 17.2 Å². The minimum atomic E-state index is -1.03. The number of benzene rings is 1. The van der Waals surface area contributed by atoms with Crippen LogP contribution in [0, 0.1) is 19.8 Å². The van der Waals surface area contributed by atoms with E-state index < -0.39 is 5.60 Å². The summed E-state index contributed by atoms with van der Waals surface area (Å²) in [5.41, 5.74) is 2.79. The molecule has 0 saturated heterocycles. The van der Waals surface area contributed by atoms with E-state index in [0.717, 1.165) is 41.4 Å². The summed E-state index contributed by atoms with van der Waals surface area (Å²) in [4.78, 5) is 22.8. The van der Waals surface area contributed by atoms with Crippen LogP contribution in [0.15, 0.2) is 41.3 Å². The van der Waals surface area contributed by atoms with Crippen molar-refractivity contribution in [3.8, 4) is 17.1 Å². The molecule has 7 heteroatoms. The van der Waals surface area contributed by atoms with Gasteiger partial charge in [0.15, 0.2) is 0 Å². The van der Waals surface area contributed by atoms with Crippen LogP contribution in [0.25, 0.3) is 17.1 Å². The summed E-state index contributed by atoms with van der Waals surface area (Å²) in [6.45, 7) is 9.83. The molecule has 176 valence electrons. The first-order chi connectivity index (χ1) is 15.6. The second-order valence-electron chi connectivity index (χ2n) is 10.2. The summed E-state index contributed by atoms with van der Waals surface area (Å²) in [5, 5.41) is 13.9. The number of nitrogens with one attached hydrogen (secondary N) is 1. The summed E-state index contributed by atoms with van der Waals surface area (Å²) >= 11 is 0. The molecule has 1 aromatic carbocycles. The summed E-state index contributed by atoms with van der Waals surface area (Å²) in [6.07, 6.45) is 6.40. The van der Waals surface area contributed by atoms with Gasteiger partial charge in [-0.2, -0.15) is 0 Å². The Bertz CT molecular complexity index is 1180. The lowest BCUT2D eigenvalue weighted by molar-refractivity contribution is 0.0598. The lowest BCUT2D eigenvalue weighted by Gasteiger charge is -2.26. The molecular weight excluding hydrogens is 414 g/mol. The first kappa shape index (κ1) is 23.2. The Balaban J connectivity index is 1.80. The van der Waals surface area contributed by atoms with Gasteiger partial charge in [0.05, 0.1) is 29.2 Å². The fourth-order valence-electron chi connectivity index (χ4n) is 4.68. The molecule has 1 aliphatic rings. The molecule has 2 N–H and O–H groups in total. The monoisotopic (exact) mass is 449 g/mol. The van der Waals surface area contributed by atoms with E-state index in [4.69, 9.17) is 4.98 Å². The van der Waals surface area contributed by atoms with E-state index in [0.29, 0.717) is 17.7 Å². The highest BCUT2D eigenvalue weighted by Gasteiger charge is 2.25. The van der Waals surface area contributed by atoms with Gasteiger partial charge in [-0.05, 0) is 83.1 Å². The number of aliphatic hydroxyl groups is 1. The maximum absolute atomic E-state index is 13.6. The van der Waals surface area contributed by atoms with Crippen LogP contribution in [0.4, 0.5) is 5.95 Å². The van der Waals surface area contributed by atoms with Crippen LogP contribution in [-0.2, 0) is 6.54 Å². The van der Waals surface area contributed by atoms with Gasteiger partial charge in [0.25, 0.3) is 0 Å². The highest BCUT2D eigenvalue weighted by Crippen LogP contribution is 2.28. The van der Waals surface area contributed by atoms with E-state index in [9.17, 15) is 9.90 Å². The molecule has 2 heterocycles. The third-order valence-corrected chi connectivity index (χ3v) is 6.45. The van der Waals surface area contributed by atoms with Crippen LogP contribution in [0.3, 0.4) is 0 Å². The number of aromatic nitrogens is 4. The molecular formula is C26H35N5O2. The van der Waals surface area contributed by atoms with Crippen molar-refractivity contribution in [2.24, 2.45) is 5.92 Å². The lowest BCUT2D eigenvalue weighted by Crippen LogP contribution is -2.33. The number of hydrogen-bond acceptors (Lipinski definition) is 5. The van der Waals surface area contributed by atoms with Crippen LogP contribution >= 0.6 is 0 Å². The molecule has 7 nitrogen and oxygen atoms in total. The number of hydrogen-bond donors (Lipinski definition) is 2. The molecule has 0 bridgehead atoms. The summed E-state index contributed by atoms with van der Waals surface area (Å²) in [5.74, 6) is 1.36. The van der Waals surface area contributed by atoms with Crippen LogP contribution in [0.2, 0.25) is 0 Å². The van der Waals surface area contributed by atoms with Crippen molar-refractivity contribution in [3.63, 3.8) is 0 Å². The quantitative estimate of drug-likeness (QED) is 0.580. The maximum Gasteiger partial charge on any atom is 0.333 e. The van der Waals surface area contributed by atoms with Crippen molar-refractivity contribution in [2.45, 2.75) is 78.5 Å². The van der Waals surface area contributed by atoms with Crippen molar-refractivity contribution >= 4 is 5.95 Å². The molecule has 1 aliphatic carbocycles. The van der Waals surface area contributed by atoms with Gasteiger partial charge in [-0.3, -0.25) is 9.13 Å². The molecule has 3 aromatic rings. The van der Waals surface area contributed by atoms with Gasteiger partial charge in [0.1, 0.15) is 0 Å². The fourth-order valence-corrected chi connectivity index (χ4v) is 4.68. The fraction of sp³-hybridized carbons (Fsp3) is 0.500. The predicted octanol–water partition coefficient (Wildman–Crippen LogP) is 4.47. The second-order valence-corrected chi connectivity index (χ2v) is 10.2. The Hall–Kier alpha value is -2.93. The van der Waals surface area contributed by atoms with Crippen molar-refractivity contribution in [3.05, 3.63) is 58.3 Å². The molecule has 0 radical (unpaired) electrons. The number of anilines is 1. The molecule has 0 spiro atoms. The summed E-state index contributed by atoms with van der Waals surface area (Å²) < 4.78 is 3.33. The van der Waals surface area contributed by atoms with Gasteiger partial charge < -0.3 is 10.4 Å². The maximum atomic E-state index is 13.6. The third kappa shape index (κ3) is 5.19. The van der Waals surface area contributed by atoms with Gasteiger partial charge in [-0.1, -0.05) is 19.1 Å². The molecule has 4 rings (SSSR count). The minimum absolute atomic E-state index is 0.190. The predicted molar refractivity (Wildman–Crippen MR) is 132 cm³/mol. The van der Waals surface area contributed by atoms with E-state index in [1.165, 1.54) is 12.8 Å². The highest BCUT2D eigenvalue weighted by molar-refractivity contribution is 5.62. The smallest absolute Gasteiger partial charge is 0.333 e. The number of rotatable bonds is 6. The summed E-state index contributed by atoms with van der Waals surface area (Å²) in [7, 11) is 0. The number of nitrogens with zero attached hydrogens (tertiary/aromatic N) is 4. The van der Waals surface area contributed by atoms with Crippen molar-refractivity contribution < 1.29 is 5.11 Å². The molecule has 33 heavy (non-hydrogen) atoms. The number of imidazole rings is 1. The molecule has 0 unspecified atom stereocenters. The standard InChI is InChI=1S/C26H35N5O2/c1-17-9-11-20(12-10-17)28-24-27-14-13-22(29-24)23-19(3)30(16-26(4,5)33)25(32)31(23)21-8-6-7-18(2)15-21/h6-8,13-15,17,20,33H,9-12,16H2,1-5H3,(H,27,28,29)/t17-,20-. The van der Waals surface area contributed by atoms with Crippen LogP contribution in [0.5, 0.6) is 0 Å². The van der Waals surface area contributed by atoms with Gasteiger partial charge >= 0.3 is 5.69 Å². The second kappa shape index (κ2) is 9.14. The van der Waals surface area contributed by atoms with Crippen molar-refractivity contribution in [2.75, 3.05) is 5.32 Å². The molecule has 1 fully saturated rings. The Labute approximate surface area is 195 Å². The SMILES string of the molecule is Cc1cccc(-n2c(-c3ccnc(N[C@H]4CC[C@H](C)CC4)n3)c(C)n(CC(C)(C)O)c2=O)c1. The van der Waals surface area contributed by atoms with E-state index in [1.54, 1.807) is 29.2 Å². The Kier molecular flexibility index (Phi) is 6.43. The van der Waals surface area contributed by atoms with Crippen LogP contribution < -0.4 is 11.0 Å². The lowest BCUT2D eigenvalue weighted by atomic mass is 9.87. The Morgan fingerprint density at radius 1 is 1.15 bits per heavy atom. The molecule has 0 atom stereocenters. The van der Waals surface area contributed by atoms with E-state index in [1.807, 2.05) is 44.2 Å². The molecule has 2 aromatic heterocycles. The zero-order chi connectivity index (χ0) is 23.8. The average Bonchev–Trinajstić information content (AvgIpc) is 2.99. The van der Waals surface area contributed by atoms with Crippen molar-refractivity contribution in [1.82, 2.24) is 19.1 Å². The largest absolute Gasteiger partial charge is 0.389 e. The zero-order valence-corrected chi connectivity index (χ0v) is 20.3. The normalized spacial score (nSPS) is 19.0. The molecule has 1 saturated carbocycles. The van der Waals surface area contributed by atoms with Crippen LogP contribution in [0.1, 0.15) is 57.7 Å². The first-order valence-electron chi connectivity index (χ1n) is 11.8. The third-order valence-electron chi connectivity index (χ3n) is 6.45. The van der Waals surface area contributed by atoms with E-state index in [-0.39, 0.29) is 12.2 Å². The van der Waals surface area contributed by atoms with Crippen molar-refractivity contribution in [1.29, 1.82) is 0 Å². The summed E-state index contributed by atoms with van der Waals surface area (Å²) in [6, 6.07) is 10.1. The zero-order valence-electron chi connectivity index (χ0n) is 20.3. The van der Waals surface area contributed by atoms with E-state index >= 15 is 0 Å². The molecule has 0 aliphatic heterocycles. The minimum Gasteiger partial charge on any atom is -0.389 e. The topological polar surface area (TPSA) is 85.0 Å². The highest BCUT2D eigenvalue weighted by atomic mass is 16.3. The first-order valence-corrected chi connectivity index (χ1v) is 11.8. The van der Waals surface area contributed by atoms with Gasteiger partial charge in [-0.15, -0.1) is 0 Å². The van der Waals surface area contributed by atoms with Gasteiger partial charge in [-0.25, -0.2) is 14.8 Å².